The molecule has 2 saturated heterocycles. The van der Waals surface area contributed by atoms with Gasteiger partial charge in [0.05, 0.1) is 12.0 Å². The summed E-state index contributed by atoms with van der Waals surface area (Å²) >= 11 is 0. The Morgan fingerprint density at radius 2 is 2.10 bits per heavy atom. The van der Waals surface area contributed by atoms with Crippen LogP contribution in [-0.2, 0) is 19.7 Å². The molecule has 1 aromatic carbocycles. The predicted molar refractivity (Wildman–Crippen MR) is 73.4 cm³/mol. The molecule has 1 N–H and O–H groups in total. The van der Waals surface area contributed by atoms with Crippen molar-refractivity contribution in [1.82, 2.24) is 10.2 Å². The summed E-state index contributed by atoms with van der Waals surface area (Å²) in [5, 5.41) is 2.41. The van der Waals surface area contributed by atoms with Crippen LogP contribution in [0.15, 0.2) is 30.3 Å². The Balaban J connectivity index is 2.01. The lowest BCUT2D eigenvalue weighted by atomic mass is 9.71. The summed E-state index contributed by atoms with van der Waals surface area (Å²) in [6.07, 6.45) is 0. The van der Waals surface area contributed by atoms with Gasteiger partial charge in [-0.15, -0.1) is 0 Å². The van der Waals surface area contributed by atoms with E-state index in [1.807, 2.05) is 30.3 Å². The van der Waals surface area contributed by atoms with E-state index < -0.39 is 5.41 Å². The number of nitrogens with zero attached hydrogens (tertiary/aromatic N) is 1. The Labute approximate surface area is 122 Å². The molecule has 0 saturated carbocycles. The molecule has 6 nitrogen and oxygen atoms in total. The van der Waals surface area contributed by atoms with Crippen molar-refractivity contribution in [2.75, 3.05) is 19.7 Å². The summed E-state index contributed by atoms with van der Waals surface area (Å²) in [5.41, 5.74) is -0.000368. The highest BCUT2D eigenvalue weighted by Gasteiger charge is 2.58. The average molecular weight is 288 g/mol. The maximum absolute atomic E-state index is 12.5. The predicted octanol–water partition coefficient (Wildman–Crippen LogP) is 0.669. The van der Waals surface area contributed by atoms with E-state index in [0.29, 0.717) is 13.1 Å². The number of amides is 3. The molecule has 0 spiro atoms. The third-order valence-corrected chi connectivity index (χ3v) is 4.27. The monoisotopic (exact) mass is 288 g/mol. The molecule has 2 atom stereocenters. The lowest BCUT2D eigenvalue weighted by molar-refractivity contribution is -0.144. The Morgan fingerprint density at radius 3 is 2.76 bits per heavy atom. The second kappa shape index (κ2) is 4.87. The number of carbonyl (C=O) groups is 3. The molecule has 2 bridgehead atoms. The van der Waals surface area contributed by atoms with Gasteiger partial charge in [-0.3, -0.25) is 14.9 Å². The van der Waals surface area contributed by atoms with Crippen LogP contribution in [0.1, 0.15) is 12.5 Å². The second-order valence-electron chi connectivity index (χ2n) is 5.48. The van der Waals surface area contributed by atoms with E-state index >= 15 is 0 Å². The number of fused-ring (bicyclic) bond motifs is 2. The zero-order valence-corrected chi connectivity index (χ0v) is 11.7. The molecule has 1 aromatic rings. The second-order valence-corrected chi connectivity index (χ2v) is 5.48. The zero-order valence-electron chi connectivity index (χ0n) is 11.7. The first-order valence-electron chi connectivity index (χ1n) is 6.83. The lowest BCUT2D eigenvalue weighted by Crippen LogP contribution is -2.58. The number of rotatable bonds is 3. The van der Waals surface area contributed by atoms with Crippen molar-refractivity contribution in [3.05, 3.63) is 35.9 Å². The first kappa shape index (κ1) is 13.6. The van der Waals surface area contributed by atoms with Crippen molar-refractivity contribution < 1.29 is 19.1 Å². The van der Waals surface area contributed by atoms with E-state index in [1.165, 1.54) is 6.92 Å². The molecule has 3 amide bonds. The summed E-state index contributed by atoms with van der Waals surface area (Å²) in [5.74, 6) is -0.943. The van der Waals surface area contributed by atoms with Crippen LogP contribution in [0, 0.1) is 5.92 Å². The van der Waals surface area contributed by atoms with Crippen molar-refractivity contribution >= 4 is 17.9 Å². The first-order chi connectivity index (χ1) is 10.0. The third-order valence-electron chi connectivity index (χ3n) is 4.27. The minimum Gasteiger partial charge on any atom is -0.465 e. The highest BCUT2D eigenvalue weighted by molar-refractivity contribution is 6.04. The molecule has 2 aliphatic heterocycles. The maximum atomic E-state index is 12.5. The highest BCUT2D eigenvalue weighted by atomic mass is 16.5. The first-order valence-corrected chi connectivity index (χ1v) is 6.83. The van der Waals surface area contributed by atoms with Gasteiger partial charge in [-0.25, -0.2) is 4.79 Å². The smallest absolute Gasteiger partial charge is 0.324 e. The van der Waals surface area contributed by atoms with Crippen molar-refractivity contribution in [3.63, 3.8) is 0 Å². The van der Waals surface area contributed by atoms with E-state index in [1.54, 1.807) is 4.90 Å². The van der Waals surface area contributed by atoms with Crippen molar-refractivity contribution in [2.24, 2.45) is 5.92 Å². The molecule has 110 valence electrons. The molecule has 2 fully saturated rings. The van der Waals surface area contributed by atoms with Gasteiger partial charge in [0.1, 0.15) is 0 Å². The Kier molecular flexibility index (Phi) is 3.16. The number of hydrogen-bond acceptors (Lipinski definition) is 4. The molecule has 0 aromatic heterocycles. The van der Waals surface area contributed by atoms with Gasteiger partial charge in [-0.05, 0) is 5.56 Å². The number of nitrogens with one attached hydrogen (secondary N) is 1. The Hall–Kier alpha value is -2.37. The van der Waals surface area contributed by atoms with Gasteiger partial charge in [0.15, 0.2) is 0 Å². The quantitative estimate of drug-likeness (QED) is 0.829. The molecule has 0 aliphatic carbocycles. The summed E-state index contributed by atoms with van der Waals surface area (Å²) in [4.78, 5) is 37.0. The van der Waals surface area contributed by atoms with E-state index in [2.05, 4.69) is 5.32 Å². The minimum absolute atomic E-state index is 0.126. The summed E-state index contributed by atoms with van der Waals surface area (Å²) in [6.45, 7) is 2.19. The summed E-state index contributed by atoms with van der Waals surface area (Å²) in [6, 6.07) is 8.97. The van der Waals surface area contributed by atoms with Gasteiger partial charge in [0.25, 0.3) is 0 Å². The van der Waals surface area contributed by atoms with E-state index in [4.69, 9.17) is 4.74 Å². The normalized spacial score (nSPS) is 27.5. The van der Waals surface area contributed by atoms with Crippen LogP contribution in [-0.4, -0.2) is 42.5 Å². The van der Waals surface area contributed by atoms with Crippen LogP contribution in [0.25, 0.3) is 0 Å². The van der Waals surface area contributed by atoms with Crippen molar-refractivity contribution in [3.8, 4) is 0 Å². The van der Waals surface area contributed by atoms with E-state index in [9.17, 15) is 14.4 Å². The van der Waals surface area contributed by atoms with Crippen LogP contribution >= 0.6 is 0 Å². The fourth-order valence-corrected chi connectivity index (χ4v) is 3.22. The topological polar surface area (TPSA) is 75.7 Å². The van der Waals surface area contributed by atoms with Crippen LogP contribution in [0.2, 0.25) is 0 Å². The number of carbonyl (C=O) groups excluding carboxylic acids is 3. The van der Waals surface area contributed by atoms with Gasteiger partial charge in [0, 0.05) is 25.9 Å². The minimum atomic E-state index is -0.843. The van der Waals surface area contributed by atoms with E-state index in [-0.39, 0.29) is 30.4 Å². The number of benzene rings is 1. The van der Waals surface area contributed by atoms with Gasteiger partial charge in [0.2, 0.25) is 5.91 Å². The molecule has 0 radical (unpaired) electrons. The Bertz CT molecular complexity index is 601. The fourth-order valence-electron chi connectivity index (χ4n) is 3.22. The van der Waals surface area contributed by atoms with Crippen molar-refractivity contribution in [2.45, 2.75) is 12.3 Å². The van der Waals surface area contributed by atoms with Crippen LogP contribution in [0.4, 0.5) is 4.79 Å². The molecule has 2 aliphatic rings. The molecular formula is C15H16N2O4. The number of ether oxygens (including phenoxy) is 1. The fraction of sp³-hybridized carbons (Fsp3) is 0.400. The third kappa shape index (κ3) is 2.07. The summed E-state index contributed by atoms with van der Waals surface area (Å²) < 4.78 is 5.11. The standard InChI is InChI=1S/C15H16N2O4/c1-10(18)21-8-12-7-17-9-15(12,13(19)16-14(17)20)11-5-3-2-4-6-11/h2-6,12H,7-9H2,1H3,(H,16,19,20)/t12-,15-/m1/s1. The molecule has 0 unspecified atom stereocenters. The van der Waals surface area contributed by atoms with Gasteiger partial charge in [-0.2, -0.15) is 0 Å². The molecule has 6 heteroatoms. The number of esters is 1. The lowest BCUT2D eigenvalue weighted by Gasteiger charge is -2.35. The summed E-state index contributed by atoms with van der Waals surface area (Å²) in [7, 11) is 0. The number of imide groups is 1. The maximum Gasteiger partial charge on any atom is 0.324 e. The molecule has 3 rings (SSSR count). The molecular weight excluding hydrogens is 272 g/mol. The van der Waals surface area contributed by atoms with Gasteiger partial charge < -0.3 is 9.64 Å². The van der Waals surface area contributed by atoms with Crippen LogP contribution in [0.5, 0.6) is 0 Å². The SMILES string of the molecule is CC(=O)OC[C@H]1CN2C[C@]1(c1ccccc1)C(=O)NC2=O. The van der Waals surface area contributed by atoms with Crippen molar-refractivity contribution in [1.29, 1.82) is 0 Å². The number of hydrogen-bond donors (Lipinski definition) is 1. The van der Waals surface area contributed by atoms with Gasteiger partial charge in [-0.1, -0.05) is 30.3 Å². The molecule has 21 heavy (non-hydrogen) atoms. The van der Waals surface area contributed by atoms with Crippen LogP contribution < -0.4 is 5.32 Å². The average Bonchev–Trinajstić information content (AvgIpc) is 2.82. The largest absolute Gasteiger partial charge is 0.465 e. The Morgan fingerprint density at radius 1 is 1.38 bits per heavy atom. The van der Waals surface area contributed by atoms with Gasteiger partial charge >= 0.3 is 12.0 Å². The molecule has 2 heterocycles. The van der Waals surface area contributed by atoms with Crippen LogP contribution in [0.3, 0.4) is 0 Å². The highest BCUT2D eigenvalue weighted by Crippen LogP contribution is 2.42. The number of urea groups is 1. The van der Waals surface area contributed by atoms with E-state index in [0.717, 1.165) is 5.56 Å². The zero-order chi connectivity index (χ0) is 15.0.